The second-order valence-corrected chi connectivity index (χ2v) is 16.7. The summed E-state index contributed by atoms with van der Waals surface area (Å²) in [5.41, 5.74) is 17.3. The summed E-state index contributed by atoms with van der Waals surface area (Å²) in [6.45, 7) is 0. The first-order valence-electron chi connectivity index (χ1n) is 21.3. The number of aromatic nitrogens is 2. The Hall–Kier alpha value is -7.61. The molecule has 0 unspecified atom stereocenters. The van der Waals surface area contributed by atoms with Crippen molar-refractivity contribution < 1.29 is 4.42 Å². The fraction of sp³-hybridized carbons (Fsp3) is 0.105. The average molecular weight is 782 g/mol. The van der Waals surface area contributed by atoms with Gasteiger partial charge in [-0.15, -0.1) is 0 Å². The Kier molecular flexibility index (Phi) is 8.12. The second kappa shape index (κ2) is 14.0. The Labute approximate surface area is 354 Å². The van der Waals surface area contributed by atoms with Crippen LogP contribution in [0.5, 0.6) is 0 Å². The Morgan fingerprint density at radius 3 is 1.84 bits per heavy atom. The molecule has 0 N–H and O–H groups in total. The van der Waals surface area contributed by atoms with E-state index < -0.39 is 0 Å². The van der Waals surface area contributed by atoms with E-state index in [1.165, 1.54) is 69.2 Å². The van der Waals surface area contributed by atoms with Crippen molar-refractivity contribution in [3.63, 3.8) is 0 Å². The summed E-state index contributed by atoms with van der Waals surface area (Å²) < 4.78 is 6.30. The van der Waals surface area contributed by atoms with Gasteiger partial charge in [0.05, 0.1) is 23.0 Å². The lowest BCUT2D eigenvalue weighted by molar-refractivity contribution is 0.353. The van der Waals surface area contributed by atoms with Crippen LogP contribution in [-0.2, 0) is 5.41 Å². The summed E-state index contributed by atoms with van der Waals surface area (Å²) >= 11 is 0. The Morgan fingerprint density at radius 1 is 0.426 bits per heavy atom. The van der Waals surface area contributed by atoms with Crippen molar-refractivity contribution in [1.29, 1.82) is 5.26 Å². The molecule has 0 atom stereocenters. The largest absolute Gasteiger partial charge is 0.456 e. The normalized spacial score (nSPS) is 14.0. The Bertz CT molecular complexity index is 3400. The number of para-hydroxylation sites is 1. The van der Waals surface area contributed by atoms with E-state index in [0.717, 1.165) is 73.8 Å². The first-order chi connectivity index (χ1) is 30.1. The van der Waals surface area contributed by atoms with E-state index in [4.69, 9.17) is 14.4 Å². The molecule has 4 nitrogen and oxygen atoms in total. The van der Waals surface area contributed by atoms with Crippen molar-refractivity contribution in [3.05, 3.63) is 193 Å². The van der Waals surface area contributed by atoms with E-state index in [0.29, 0.717) is 5.82 Å². The molecule has 61 heavy (non-hydrogen) atoms. The van der Waals surface area contributed by atoms with Crippen LogP contribution in [-0.4, -0.2) is 9.97 Å². The highest BCUT2D eigenvalue weighted by Crippen LogP contribution is 2.56. The maximum Gasteiger partial charge on any atom is 0.160 e. The molecule has 1 fully saturated rings. The monoisotopic (exact) mass is 781 g/mol. The van der Waals surface area contributed by atoms with Crippen molar-refractivity contribution >= 4 is 32.7 Å². The molecule has 0 amide bonds. The van der Waals surface area contributed by atoms with Crippen LogP contribution in [0.4, 0.5) is 0 Å². The smallest absolute Gasteiger partial charge is 0.160 e. The summed E-state index contributed by atoms with van der Waals surface area (Å²) in [4.78, 5) is 10.4. The Balaban J connectivity index is 0.927. The van der Waals surface area contributed by atoms with Gasteiger partial charge in [-0.2, -0.15) is 5.26 Å². The molecule has 8 aromatic carbocycles. The molecule has 0 aliphatic heterocycles. The van der Waals surface area contributed by atoms with E-state index in [9.17, 15) is 5.26 Å². The number of furan rings is 1. The van der Waals surface area contributed by atoms with Gasteiger partial charge in [0.1, 0.15) is 11.2 Å². The maximum absolute atomic E-state index is 9.78. The zero-order chi connectivity index (χ0) is 40.5. The fourth-order valence-corrected chi connectivity index (χ4v) is 10.4. The number of hydrogen-bond donors (Lipinski definition) is 0. The van der Waals surface area contributed by atoms with Gasteiger partial charge in [0.2, 0.25) is 0 Å². The third-order valence-electron chi connectivity index (χ3n) is 13.4. The number of nitrogens with zero attached hydrogens (tertiary/aromatic N) is 3. The maximum atomic E-state index is 9.78. The molecule has 0 bridgehead atoms. The molecule has 2 heterocycles. The molecule has 12 rings (SSSR count). The molecule has 0 saturated heterocycles. The van der Waals surface area contributed by atoms with Crippen molar-refractivity contribution in [2.45, 2.75) is 37.5 Å². The molecular weight excluding hydrogens is 743 g/mol. The number of fused-ring (bicyclic) bond motifs is 9. The number of nitriles is 1. The minimum absolute atomic E-state index is 0.0131. The minimum atomic E-state index is -0.0131. The average Bonchev–Trinajstić information content (AvgIpc) is 3.83. The van der Waals surface area contributed by atoms with Gasteiger partial charge < -0.3 is 4.42 Å². The third-order valence-corrected chi connectivity index (χ3v) is 13.4. The van der Waals surface area contributed by atoms with Gasteiger partial charge in [-0.1, -0.05) is 153 Å². The molecule has 4 heteroatoms. The first kappa shape index (κ1) is 35.3. The van der Waals surface area contributed by atoms with Crippen molar-refractivity contribution in [2.24, 2.45) is 0 Å². The van der Waals surface area contributed by atoms with E-state index in [1.54, 1.807) is 0 Å². The van der Waals surface area contributed by atoms with Crippen LogP contribution in [0.3, 0.4) is 0 Å². The molecule has 288 valence electrons. The molecule has 2 aliphatic rings. The van der Waals surface area contributed by atoms with E-state index in [-0.39, 0.29) is 5.41 Å². The Morgan fingerprint density at radius 2 is 1.03 bits per heavy atom. The lowest BCUT2D eigenvalue weighted by Gasteiger charge is -2.36. The van der Waals surface area contributed by atoms with Crippen LogP contribution in [0.1, 0.15) is 48.8 Å². The fourth-order valence-electron chi connectivity index (χ4n) is 10.4. The number of benzene rings is 8. The van der Waals surface area contributed by atoms with Crippen molar-refractivity contribution in [1.82, 2.24) is 9.97 Å². The summed E-state index contributed by atoms with van der Waals surface area (Å²) in [5.74, 6) is 0.679. The molecule has 1 saturated carbocycles. The second-order valence-electron chi connectivity index (χ2n) is 16.7. The lowest BCUT2D eigenvalue weighted by atomic mass is 9.67. The highest BCUT2D eigenvalue weighted by atomic mass is 16.3. The van der Waals surface area contributed by atoms with Crippen LogP contribution >= 0.6 is 0 Å². The predicted octanol–water partition coefficient (Wildman–Crippen LogP) is 15.0. The van der Waals surface area contributed by atoms with E-state index in [2.05, 4.69) is 140 Å². The highest BCUT2D eigenvalue weighted by molar-refractivity contribution is 6.07. The number of hydrogen-bond acceptors (Lipinski definition) is 4. The lowest BCUT2D eigenvalue weighted by Crippen LogP contribution is -2.28. The molecular formula is C57H39N3O. The van der Waals surface area contributed by atoms with Gasteiger partial charge >= 0.3 is 0 Å². The van der Waals surface area contributed by atoms with Gasteiger partial charge in [0, 0.05) is 32.9 Å². The van der Waals surface area contributed by atoms with E-state index in [1.807, 2.05) is 42.5 Å². The van der Waals surface area contributed by atoms with Gasteiger partial charge in [-0.3, -0.25) is 0 Å². The zero-order valence-electron chi connectivity index (χ0n) is 33.5. The SMILES string of the molecule is N#Cc1ccc2c(c1)C1(CCCCC1)c1cc(-c3ccc(-c4ccc(-c5cc(-c6ccc7c(c6)oc6ccccc67)nc(-c6ccccc6)n5)c5ccccc45)cc3)ccc1-2. The van der Waals surface area contributed by atoms with E-state index >= 15 is 0 Å². The van der Waals surface area contributed by atoms with Crippen molar-refractivity contribution in [2.75, 3.05) is 0 Å². The zero-order valence-corrected chi connectivity index (χ0v) is 33.5. The molecule has 1 spiro atoms. The van der Waals surface area contributed by atoms with Gasteiger partial charge in [-0.25, -0.2) is 9.97 Å². The standard InChI is InChI=1S/C57H39N3O/c58-35-36-17-24-45-46-25-22-40(32-51(46)57(50(45)31-36)29-9-2-10-30-57)37-18-20-38(21-19-37)42-27-28-47(44-14-6-5-13-43(42)44)53-34-52(59-56(60-53)39-11-3-1-4-12-39)41-23-26-49-48-15-7-8-16-54(48)61-55(49)33-41/h1,3-8,11-28,31-34H,2,9-10,29-30H2. The van der Waals surface area contributed by atoms with Crippen LogP contribution in [0.25, 0.3) is 100.0 Å². The molecule has 10 aromatic rings. The van der Waals surface area contributed by atoms with Gasteiger partial charge in [-0.05, 0) is 111 Å². The van der Waals surface area contributed by atoms with Crippen LogP contribution in [0.2, 0.25) is 0 Å². The summed E-state index contributed by atoms with van der Waals surface area (Å²) in [6, 6.07) is 64.8. The third kappa shape index (κ3) is 5.73. The quantitative estimate of drug-likeness (QED) is 0.174. The molecule has 0 radical (unpaired) electrons. The van der Waals surface area contributed by atoms with Crippen LogP contribution in [0, 0.1) is 11.3 Å². The summed E-state index contributed by atoms with van der Waals surface area (Å²) in [6.07, 6.45) is 5.98. The summed E-state index contributed by atoms with van der Waals surface area (Å²) in [5, 5.41) is 14.3. The van der Waals surface area contributed by atoms with Crippen LogP contribution < -0.4 is 0 Å². The number of rotatable bonds is 5. The van der Waals surface area contributed by atoms with Gasteiger partial charge in [0.15, 0.2) is 5.82 Å². The summed E-state index contributed by atoms with van der Waals surface area (Å²) in [7, 11) is 0. The predicted molar refractivity (Wildman–Crippen MR) is 248 cm³/mol. The van der Waals surface area contributed by atoms with Crippen LogP contribution in [0.15, 0.2) is 180 Å². The van der Waals surface area contributed by atoms with Crippen molar-refractivity contribution in [3.8, 4) is 73.4 Å². The minimum Gasteiger partial charge on any atom is -0.456 e. The van der Waals surface area contributed by atoms with Gasteiger partial charge in [0.25, 0.3) is 0 Å². The first-order valence-corrected chi connectivity index (χ1v) is 21.3. The molecule has 2 aromatic heterocycles. The molecule has 2 aliphatic carbocycles. The topological polar surface area (TPSA) is 62.7 Å². The highest BCUT2D eigenvalue weighted by Gasteiger charge is 2.44.